The van der Waals surface area contributed by atoms with Gasteiger partial charge in [-0.2, -0.15) is 0 Å². The third kappa shape index (κ3) is 4.27. The van der Waals surface area contributed by atoms with Gasteiger partial charge in [0.15, 0.2) is 11.5 Å². The Balaban J connectivity index is 2.18. The van der Waals surface area contributed by atoms with Crippen molar-refractivity contribution in [2.45, 2.75) is 38.8 Å². The number of hydrogen-bond donors (Lipinski definition) is 1. The Morgan fingerprint density at radius 3 is 2.62 bits per heavy atom. The summed E-state index contributed by atoms with van der Waals surface area (Å²) < 4.78 is 40.9. The van der Waals surface area contributed by atoms with Crippen molar-refractivity contribution in [2.75, 3.05) is 13.6 Å². The fourth-order valence-corrected chi connectivity index (χ4v) is 2.66. The maximum atomic E-state index is 13.3. The van der Waals surface area contributed by atoms with Gasteiger partial charge in [-0.3, -0.25) is 0 Å². The summed E-state index contributed by atoms with van der Waals surface area (Å²) in [6.45, 7) is 4.95. The van der Waals surface area contributed by atoms with Gasteiger partial charge in [0, 0.05) is 17.1 Å². The summed E-state index contributed by atoms with van der Waals surface area (Å²) in [6, 6.07) is 2.75. The van der Waals surface area contributed by atoms with E-state index >= 15 is 0 Å². The number of halogens is 3. The summed E-state index contributed by atoms with van der Waals surface area (Å²) in [5.41, 5.74) is -0.621. The van der Waals surface area contributed by atoms with Gasteiger partial charge in [0.25, 0.3) is 0 Å². The normalized spacial score (nSPS) is 16.7. The number of aliphatic hydroxyl groups is 1. The summed E-state index contributed by atoms with van der Waals surface area (Å²) >= 11 is 3.19. The van der Waals surface area contributed by atoms with Gasteiger partial charge >= 0.3 is 12.4 Å². The Morgan fingerprint density at radius 1 is 1.42 bits per heavy atom. The molecule has 1 unspecified atom stereocenters. The second-order valence-electron chi connectivity index (χ2n) is 6.33. The van der Waals surface area contributed by atoms with E-state index in [0.717, 1.165) is 4.90 Å². The molecular formula is C15H18BrF2NO5. The van der Waals surface area contributed by atoms with E-state index in [1.165, 1.54) is 19.2 Å². The van der Waals surface area contributed by atoms with Crippen LogP contribution in [0, 0.1) is 0 Å². The van der Waals surface area contributed by atoms with Crippen molar-refractivity contribution in [1.82, 2.24) is 4.90 Å². The van der Waals surface area contributed by atoms with Crippen molar-refractivity contribution in [3.8, 4) is 11.5 Å². The van der Waals surface area contributed by atoms with E-state index in [2.05, 4.69) is 25.4 Å². The van der Waals surface area contributed by atoms with E-state index in [1.807, 2.05) is 0 Å². The molecule has 1 N–H and O–H groups in total. The summed E-state index contributed by atoms with van der Waals surface area (Å²) in [5.74, 6) is -0.448. The van der Waals surface area contributed by atoms with Crippen molar-refractivity contribution in [3.05, 3.63) is 22.2 Å². The number of fused-ring (bicyclic) bond motifs is 1. The second kappa shape index (κ2) is 6.36. The van der Waals surface area contributed by atoms with E-state index in [4.69, 9.17) is 4.74 Å². The minimum absolute atomic E-state index is 0.0695. The summed E-state index contributed by atoms with van der Waals surface area (Å²) in [5, 5.41) is 10.4. The van der Waals surface area contributed by atoms with E-state index in [0.29, 0.717) is 4.47 Å². The fraction of sp³-hybridized carbons (Fsp3) is 0.533. The fourth-order valence-electron chi connectivity index (χ4n) is 2.08. The average molecular weight is 410 g/mol. The number of carbonyl (C=O) groups excluding carboxylic acids is 1. The Bertz CT molecular complexity index is 647. The van der Waals surface area contributed by atoms with Gasteiger partial charge in [-0.05, 0) is 32.9 Å². The van der Waals surface area contributed by atoms with Crippen LogP contribution >= 0.6 is 15.9 Å². The van der Waals surface area contributed by atoms with Gasteiger partial charge in [-0.1, -0.05) is 15.9 Å². The van der Waals surface area contributed by atoms with Crippen LogP contribution in [0.2, 0.25) is 0 Å². The van der Waals surface area contributed by atoms with E-state index < -0.39 is 24.1 Å². The molecule has 9 heteroatoms. The summed E-state index contributed by atoms with van der Waals surface area (Å²) in [7, 11) is 1.43. The third-order valence-corrected chi connectivity index (χ3v) is 3.73. The van der Waals surface area contributed by atoms with Crippen LogP contribution in [0.15, 0.2) is 16.6 Å². The van der Waals surface area contributed by atoms with Crippen molar-refractivity contribution < 1.29 is 32.9 Å². The number of likely N-dealkylation sites (N-methyl/N-ethyl adjacent to an activating group) is 1. The van der Waals surface area contributed by atoms with Crippen molar-refractivity contribution in [2.24, 2.45) is 0 Å². The molecule has 0 spiro atoms. The van der Waals surface area contributed by atoms with Crippen LogP contribution in [0.4, 0.5) is 13.6 Å². The Labute approximate surface area is 146 Å². The molecule has 1 aliphatic rings. The van der Waals surface area contributed by atoms with E-state index in [1.54, 1.807) is 20.8 Å². The number of amides is 1. The molecule has 1 aromatic rings. The number of aliphatic hydroxyl groups excluding tert-OH is 1. The molecule has 0 aliphatic carbocycles. The molecule has 0 radical (unpaired) electrons. The third-order valence-electron chi connectivity index (χ3n) is 3.04. The zero-order valence-electron chi connectivity index (χ0n) is 13.6. The molecule has 1 atom stereocenters. The van der Waals surface area contributed by atoms with Crippen LogP contribution in [0.1, 0.15) is 32.4 Å². The van der Waals surface area contributed by atoms with Crippen LogP contribution < -0.4 is 9.47 Å². The highest BCUT2D eigenvalue weighted by molar-refractivity contribution is 9.10. The standard InChI is InChI=1S/C15H18BrF2NO5/c1-14(2,3)24-13(21)19(4)7-9(20)11-8(16)5-6-10-12(11)23-15(17,18)22-10/h5-6,9,20H,7H2,1-4H3. The minimum atomic E-state index is -3.80. The number of benzene rings is 1. The van der Waals surface area contributed by atoms with Crippen molar-refractivity contribution in [3.63, 3.8) is 0 Å². The molecule has 0 saturated carbocycles. The molecular weight excluding hydrogens is 392 g/mol. The predicted octanol–water partition coefficient (Wildman–Crippen LogP) is 3.67. The maximum Gasteiger partial charge on any atom is 0.586 e. The number of ether oxygens (including phenoxy) is 3. The molecule has 6 nitrogen and oxygen atoms in total. The van der Waals surface area contributed by atoms with Gasteiger partial charge in [0.05, 0.1) is 6.54 Å². The predicted molar refractivity (Wildman–Crippen MR) is 84.2 cm³/mol. The van der Waals surface area contributed by atoms with Crippen molar-refractivity contribution >= 4 is 22.0 Å². The second-order valence-corrected chi connectivity index (χ2v) is 7.19. The Kier molecular flexibility index (Phi) is 4.96. The van der Waals surface area contributed by atoms with Gasteiger partial charge in [0.2, 0.25) is 0 Å². The molecule has 0 fully saturated rings. The average Bonchev–Trinajstić information content (AvgIpc) is 2.70. The lowest BCUT2D eigenvalue weighted by Gasteiger charge is -2.26. The van der Waals surface area contributed by atoms with Crippen molar-refractivity contribution in [1.29, 1.82) is 0 Å². The zero-order chi connectivity index (χ0) is 18.3. The maximum absolute atomic E-state index is 13.3. The first-order valence-electron chi connectivity index (χ1n) is 7.10. The molecule has 0 aromatic heterocycles. The lowest BCUT2D eigenvalue weighted by atomic mass is 10.1. The molecule has 134 valence electrons. The Morgan fingerprint density at radius 2 is 2.04 bits per heavy atom. The lowest BCUT2D eigenvalue weighted by Crippen LogP contribution is -2.36. The monoisotopic (exact) mass is 409 g/mol. The smallest absolute Gasteiger partial charge is 0.444 e. The highest BCUT2D eigenvalue weighted by Crippen LogP contribution is 2.47. The largest absolute Gasteiger partial charge is 0.586 e. The molecule has 24 heavy (non-hydrogen) atoms. The Hall–Kier alpha value is -1.61. The molecule has 1 aliphatic heterocycles. The highest BCUT2D eigenvalue weighted by atomic mass is 79.9. The van der Waals surface area contributed by atoms with Crippen LogP contribution in [-0.2, 0) is 4.74 Å². The van der Waals surface area contributed by atoms with Gasteiger partial charge in [-0.15, -0.1) is 8.78 Å². The first-order valence-corrected chi connectivity index (χ1v) is 7.89. The molecule has 1 heterocycles. The van der Waals surface area contributed by atoms with Crippen LogP contribution in [0.5, 0.6) is 11.5 Å². The van der Waals surface area contributed by atoms with Gasteiger partial charge in [0.1, 0.15) is 11.7 Å². The minimum Gasteiger partial charge on any atom is -0.444 e. The summed E-state index contributed by atoms with van der Waals surface area (Å²) in [4.78, 5) is 13.1. The molecule has 2 rings (SSSR count). The van der Waals surface area contributed by atoms with Crippen LogP contribution in [-0.4, -0.2) is 41.6 Å². The summed E-state index contributed by atoms with van der Waals surface area (Å²) in [6.07, 6.45) is -5.73. The highest BCUT2D eigenvalue weighted by Gasteiger charge is 2.45. The first kappa shape index (κ1) is 18.7. The number of rotatable bonds is 3. The number of nitrogens with zero attached hydrogens (tertiary/aromatic N) is 1. The van der Waals surface area contributed by atoms with Crippen LogP contribution in [0.25, 0.3) is 0 Å². The SMILES string of the molecule is CN(CC(O)c1c(Br)ccc2c1OC(F)(F)O2)C(=O)OC(C)(C)C. The van der Waals surface area contributed by atoms with Crippen LogP contribution in [0.3, 0.4) is 0 Å². The molecule has 1 aromatic carbocycles. The lowest BCUT2D eigenvalue weighted by molar-refractivity contribution is -0.287. The zero-order valence-corrected chi connectivity index (χ0v) is 15.2. The quantitative estimate of drug-likeness (QED) is 0.824. The molecule has 0 bridgehead atoms. The van der Waals surface area contributed by atoms with E-state index in [9.17, 15) is 18.7 Å². The van der Waals surface area contributed by atoms with Gasteiger partial charge < -0.3 is 24.2 Å². The molecule has 0 saturated heterocycles. The van der Waals surface area contributed by atoms with E-state index in [-0.39, 0.29) is 23.6 Å². The van der Waals surface area contributed by atoms with Gasteiger partial charge in [-0.25, -0.2) is 4.79 Å². The first-order chi connectivity index (χ1) is 10.9. The number of alkyl halides is 2. The number of carbonyl (C=O) groups is 1. The molecule has 1 amide bonds. The topological polar surface area (TPSA) is 68.2 Å². The number of hydrogen-bond acceptors (Lipinski definition) is 5.